The number of nitrogens with zero attached hydrogens (tertiary/aromatic N) is 1. The zero-order valence-corrected chi connectivity index (χ0v) is 10.5. The zero-order valence-electron chi connectivity index (χ0n) is 10.5. The van der Waals surface area contributed by atoms with E-state index in [-0.39, 0.29) is 12.1 Å². The molecular weight excluding hydrogens is 206 g/mol. The lowest BCUT2D eigenvalue weighted by Crippen LogP contribution is -2.31. The molecule has 1 heterocycles. The van der Waals surface area contributed by atoms with E-state index in [1.807, 2.05) is 20.8 Å². The molecule has 0 aromatic carbocycles. The van der Waals surface area contributed by atoms with E-state index >= 15 is 0 Å². The molecule has 16 heavy (non-hydrogen) atoms. The van der Waals surface area contributed by atoms with E-state index in [9.17, 15) is 9.90 Å². The summed E-state index contributed by atoms with van der Waals surface area (Å²) >= 11 is 0. The number of hydrogen-bond donors (Lipinski definition) is 1. The van der Waals surface area contributed by atoms with E-state index in [0.717, 1.165) is 19.5 Å². The molecule has 2 atom stereocenters. The molecule has 1 aliphatic heterocycles. The summed E-state index contributed by atoms with van der Waals surface area (Å²) in [5, 5.41) is 9.44. The Labute approximate surface area is 97.6 Å². The van der Waals surface area contributed by atoms with E-state index in [2.05, 4.69) is 4.90 Å². The molecule has 4 nitrogen and oxygen atoms in total. The number of hydrogen-bond acceptors (Lipinski definition) is 4. The van der Waals surface area contributed by atoms with Crippen molar-refractivity contribution < 1.29 is 14.6 Å². The van der Waals surface area contributed by atoms with Crippen LogP contribution < -0.4 is 0 Å². The minimum atomic E-state index is -0.281. The highest BCUT2D eigenvalue weighted by Gasteiger charge is 2.27. The van der Waals surface area contributed by atoms with E-state index in [1.165, 1.54) is 0 Å². The predicted octanol–water partition coefficient (Wildman–Crippen LogP) is 0.888. The predicted molar refractivity (Wildman–Crippen MR) is 62.0 cm³/mol. The Hall–Kier alpha value is -0.610. The van der Waals surface area contributed by atoms with Gasteiger partial charge >= 0.3 is 5.97 Å². The van der Waals surface area contributed by atoms with Crippen molar-refractivity contribution in [3.05, 3.63) is 0 Å². The van der Waals surface area contributed by atoms with Crippen LogP contribution in [0.25, 0.3) is 0 Å². The van der Waals surface area contributed by atoms with Crippen molar-refractivity contribution in [2.75, 3.05) is 26.2 Å². The van der Waals surface area contributed by atoms with Crippen LogP contribution in [0.2, 0.25) is 0 Å². The molecule has 0 amide bonds. The monoisotopic (exact) mass is 229 g/mol. The first-order valence-corrected chi connectivity index (χ1v) is 6.05. The summed E-state index contributed by atoms with van der Waals surface area (Å²) in [5.74, 6) is 0.533. The standard InChI is InChI=1S/C12H23NO3/c1-9(2)8-16-12(15)7-13-5-4-11(6-13)10(3)14/h9-11,14H,4-8H2,1-3H3. The second-order valence-corrected chi connectivity index (χ2v) is 5.10. The maximum absolute atomic E-state index is 11.5. The summed E-state index contributed by atoms with van der Waals surface area (Å²) in [7, 11) is 0. The molecule has 1 aliphatic rings. The first kappa shape index (κ1) is 13.5. The van der Waals surface area contributed by atoms with E-state index < -0.39 is 0 Å². The van der Waals surface area contributed by atoms with Crippen LogP contribution in [0.4, 0.5) is 0 Å². The van der Waals surface area contributed by atoms with Crippen LogP contribution in [0.15, 0.2) is 0 Å². The molecule has 0 radical (unpaired) electrons. The zero-order chi connectivity index (χ0) is 12.1. The van der Waals surface area contributed by atoms with Crippen molar-refractivity contribution in [3.8, 4) is 0 Å². The summed E-state index contributed by atoms with van der Waals surface area (Å²) in [6.45, 7) is 8.38. The van der Waals surface area contributed by atoms with Crippen molar-refractivity contribution in [1.82, 2.24) is 4.90 Å². The Morgan fingerprint density at radius 3 is 2.69 bits per heavy atom. The van der Waals surface area contributed by atoms with Crippen LogP contribution >= 0.6 is 0 Å². The maximum atomic E-state index is 11.5. The van der Waals surface area contributed by atoms with Gasteiger partial charge in [0, 0.05) is 6.54 Å². The highest BCUT2D eigenvalue weighted by Crippen LogP contribution is 2.19. The Morgan fingerprint density at radius 2 is 2.19 bits per heavy atom. The van der Waals surface area contributed by atoms with Crippen LogP contribution in [0.1, 0.15) is 27.2 Å². The van der Waals surface area contributed by atoms with Crippen molar-refractivity contribution in [3.63, 3.8) is 0 Å². The van der Waals surface area contributed by atoms with Gasteiger partial charge in [0.2, 0.25) is 0 Å². The van der Waals surface area contributed by atoms with E-state index in [4.69, 9.17) is 4.74 Å². The van der Waals surface area contributed by atoms with Crippen LogP contribution in [-0.2, 0) is 9.53 Å². The van der Waals surface area contributed by atoms with Crippen molar-refractivity contribution in [2.45, 2.75) is 33.3 Å². The summed E-state index contributed by atoms with van der Waals surface area (Å²) < 4.78 is 5.12. The second kappa shape index (κ2) is 6.21. The number of rotatable bonds is 5. The van der Waals surface area contributed by atoms with Crippen molar-refractivity contribution in [2.24, 2.45) is 11.8 Å². The van der Waals surface area contributed by atoms with Gasteiger partial charge in [0.1, 0.15) is 0 Å². The lowest BCUT2D eigenvalue weighted by Gasteiger charge is -2.16. The highest BCUT2D eigenvalue weighted by molar-refractivity contribution is 5.71. The third kappa shape index (κ3) is 4.49. The minimum Gasteiger partial charge on any atom is -0.464 e. The van der Waals surface area contributed by atoms with E-state index in [1.54, 1.807) is 0 Å². The van der Waals surface area contributed by atoms with Gasteiger partial charge < -0.3 is 9.84 Å². The van der Waals surface area contributed by atoms with Crippen LogP contribution in [-0.4, -0.2) is 48.3 Å². The molecule has 4 heteroatoms. The second-order valence-electron chi connectivity index (χ2n) is 5.10. The summed E-state index contributed by atoms with van der Waals surface area (Å²) in [4.78, 5) is 13.5. The number of likely N-dealkylation sites (tertiary alicyclic amines) is 1. The molecule has 2 unspecified atom stereocenters. The molecule has 0 bridgehead atoms. The molecule has 0 spiro atoms. The van der Waals surface area contributed by atoms with Gasteiger partial charge in [-0.15, -0.1) is 0 Å². The van der Waals surface area contributed by atoms with Crippen molar-refractivity contribution in [1.29, 1.82) is 0 Å². The molecule has 0 saturated carbocycles. The summed E-state index contributed by atoms with van der Waals surface area (Å²) in [6.07, 6.45) is 0.687. The molecule has 1 rings (SSSR count). The lowest BCUT2D eigenvalue weighted by molar-refractivity contribution is -0.145. The molecule has 1 N–H and O–H groups in total. The number of aliphatic hydroxyl groups excluding tert-OH is 1. The van der Waals surface area contributed by atoms with Gasteiger partial charge in [0.15, 0.2) is 0 Å². The Bertz CT molecular complexity index is 228. The number of carbonyl (C=O) groups excluding carboxylic acids is 1. The van der Waals surface area contributed by atoms with Crippen LogP contribution in [0.5, 0.6) is 0 Å². The van der Waals surface area contributed by atoms with Gasteiger partial charge in [-0.3, -0.25) is 9.69 Å². The molecule has 0 aromatic heterocycles. The Morgan fingerprint density at radius 1 is 1.50 bits per heavy atom. The Kier molecular flexibility index (Phi) is 5.22. The third-order valence-corrected chi connectivity index (χ3v) is 2.92. The van der Waals surface area contributed by atoms with Gasteiger partial charge in [0.25, 0.3) is 0 Å². The molecule has 1 saturated heterocycles. The SMILES string of the molecule is CC(C)COC(=O)CN1CCC(C(C)O)C1. The van der Waals surface area contributed by atoms with Crippen molar-refractivity contribution >= 4 is 5.97 Å². The maximum Gasteiger partial charge on any atom is 0.320 e. The molecular formula is C12H23NO3. The highest BCUT2D eigenvalue weighted by atomic mass is 16.5. The first-order chi connectivity index (χ1) is 7.49. The fourth-order valence-corrected chi connectivity index (χ4v) is 1.89. The number of esters is 1. The topological polar surface area (TPSA) is 49.8 Å². The molecule has 1 fully saturated rings. The number of ether oxygens (including phenoxy) is 1. The molecule has 0 aromatic rings. The Balaban J connectivity index is 2.21. The van der Waals surface area contributed by atoms with Gasteiger partial charge in [-0.2, -0.15) is 0 Å². The minimum absolute atomic E-state index is 0.153. The van der Waals surface area contributed by atoms with Crippen LogP contribution in [0.3, 0.4) is 0 Å². The number of aliphatic hydroxyl groups is 1. The quantitative estimate of drug-likeness (QED) is 0.711. The third-order valence-electron chi connectivity index (χ3n) is 2.92. The van der Waals surface area contributed by atoms with Gasteiger partial charge in [-0.05, 0) is 31.7 Å². The fraction of sp³-hybridized carbons (Fsp3) is 0.917. The lowest BCUT2D eigenvalue weighted by atomic mass is 10.0. The smallest absolute Gasteiger partial charge is 0.320 e. The molecule has 94 valence electrons. The van der Waals surface area contributed by atoms with Gasteiger partial charge in [-0.25, -0.2) is 0 Å². The van der Waals surface area contributed by atoms with Crippen LogP contribution in [0, 0.1) is 11.8 Å². The first-order valence-electron chi connectivity index (χ1n) is 6.05. The number of carbonyl (C=O) groups is 1. The normalized spacial score (nSPS) is 23.7. The largest absolute Gasteiger partial charge is 0.464 e. The van der Waals surface area contributed by atoms with Gasteiger partial charge in [0.05, 0.1) is 19.3 Å². The average molecular weight is 229 g/mol. The average Bonchev–Trinajstić information content (AvgIpc) is 2.63. The summed E-state index contributed by atoms with van der Waals surface area (Å²) in [6, 6.07) is 0. The van der Waals surface area contributed by atoms with E-state index in [0.29, 0.717) is 25.0 Å². The van der Waals surface area contributed by atoms with Gasteiger partial charge in [-0.1, -0.05) is 13.8 Å². The molecule has 0 aliphatic carbocycles. The summed E-state index contributed by atoms with van der Waals surface area (Å²) in [5.41, 5.74) is 0. The fourth-order valence-electron chi connectivity index (χ4n) is 1.89.